The van der Waals surface area contributed by atoms with E-state index in [4.69, 9.17) is 5.73 Å². The van der Waals surface area contributed by atoms with Crippen LogP contribution in [0.4, 0.5) is 11.4 Å². The monoisotopic (exact) mass is 308 g/mol. The molecule has 5 nitrogen and oxygen atoms in total. The molecule has 1 aromatic heterocycles. The summed E-state index contributed by atoms with van der Waals surface area (Å²) in [7, 11) is 1.80. The third-order valence-corrected chi connectivity index (χ3v) is 3.19. The van der Waals surface area contributed by atoms with Gasteiger partial charge in [0.1, 0.15) is 0 Å². The van der Waals surface area contributed by atoms with Crippen LogP contribution in [0.25, 0.3) is 0 Å². The number of halogens is 1. The van der Waals surface area contributed by atoms with Crippen molar-refractivity contribution in [2.45, 2.75) is 6.92 Å². The number of amides is 1. The van der Waals surface area contributed by atoms with Crippen molar-refractivity contribution in [2.24, 2.45) is 7.05 Å². The van der Waals surface area contributed by atoms with Gasteiger partial charge in [0.25, 0.3) is 5.91 Å². The van der Waals surface area contributed by atoms with Crippen LogP contribution in [0.15, 0.2) is 28.9 Å². The summed E-state index contributed by atoms with van der Waals surface area (Å²) in [5.41, 5.74) is 8.18. The molecule has 2 aromatic rings. The highest BCUT2D eigenvalue weighted by Gasteiger charge is 2.13. The number of benzene rings is 1. The fourth-order valence-electron chi connectivity index (χ4n) is 1.63. The van der Waals surface area contributed by atoms with E-state index < -0.39 is 0 Å². The molecule has 1 amide bonds. The first-order chi connectivity index (χ1) is 8.47. The highest BCUT2D eigenvalue weighted by atomic mass is 79.9. The first kappa shape index (κ1) is 12.6. The van der Waals surface area contributed by atoms with Gasteiger partial charge in [0, 0.05) is 23.4 Å². The van der Waals surface area contributed by atoms with E-state index in [0.29, 0.717) is 21.4 Å². The molecular weight excluding hydrogens is 296 g/mol. The number of hydrogen-bond acceptors (Lipinski definition) is 3. The zero-order valence-electron chi connectivity index (χ0n) is 10.1. The molecule has 0 radical (unpaired) electrons. The van der Waals surface area contributed by atoms with E-state index in [9.17, 15) is 4.79 Å². The van der Waals surface area contributed by atoms with Crippen molar-refractivity contribution >= 4 is 33.2 Å². The average molecular weight is 309 g/mol. The summed E-state index contributed by atoms with van der Waals surface area (Å²) in [4.78, 5) is 12.1. The van der Waals surface area contributed by atoms with Gasteiger partial charge < -0.3 is 11.1 Å². The Labute approximate surface area is 113 Å². The van der Waals surface area contributed by atoms with E-state index in [-0.39, 0.29) is 5.91 Å². The van der Waals surface area contributed by atoms with Gasteiger partial charge in [-0.05, 0) is 41.1 Å². The van der Waals surface area contributed by atoms with Crippen LogP contribution < -0.4 is 11.1 Å². The number of aromatic nitrogens is 2. The Morgan fingerprint density at radius 2 is 2.22 bits per heavy atom. The Kier molecular flexibility index (Phi) is 3.38. The molecule has 0 bridgehead atoms. The number of nitrogens with zero attached hydrogens (tertiary/aromatic N) is 2. The van der Waals surface area contributed by atoms with E-state index in [0.717, 1.165) is 5.69 Å². The molecule has 18 heavy (non-hydrogen) atoms. The van der Waals surface area contributed by atoms with Crippen LogP contribution in [0, 0.1) is 6.92 Å². The Morgan fingerprint density at radius 1 is 1.50 bits per heavy atom. The number of rotatable bonds is 2. The molecule has 2 rings (SSSR count). The van der Waals surface area contributed by atoms with E-state index in [1.165, 1.54) is 0 Å². The van der Waals surface area contributed by atoms with Gasteiger partial charge in [-0.1, -0.05) is 0 Å². The molecule has 0 aliphatic carbocycles. The van der Waals surface area contributed by atoms with Gasteiger partial charge in [-0.25, -0.2) is 0 Å². The maximum Gasteiger partial charge on any atom is 0.256 e. The standard InChI is InChI=1S/C12H13BrN4O/c1-7-11(6-17(2)16-7)15-12(18)9-5-8(14)3-4-10(9)13/h3-6H,14H2,1-2H3,(H,15,18). The SMILES string of the molecule is Cc1nn(C)cc1NC(=O)c1cc(N)ccc1Br. The molecule has 0 saturated carbocycles. The Morgan fingerprint density at radius 3 is 2.83 bits per heavy atom. The fraction of sp³-hybridized carbons (Fsp3) is 0.167. The van der Waals surface area contributed by atoms with E-state index in [2.05, 4.69) is 26.3 Å². The lowest BCUT2D eigenvalue weighted by Gasteiger charge is -2.06. The van der Waals surface area contributed by atoms with Crippen LogP contribution >= 0.6 is 15.9 Å². The molecule has 0 spiro atoms. The van der Waals surface area contributed by atoms with Gasteiger partial charge in [0.2, 0.25) is 0 Å². The van der Waals surface area contributed by atoms with E-state index >= 15 is 0 Å². The lowest BCUT2D eigenvalue weighted by atomic mass is 10.2. The molecule has 0 aliphatic rings. The summed E-state index contributed by atoms with van der Waals surface area (Å²) in [5, 5.41) is 6.97. The molecule has 0 unspecified atom stereocenters. The number of anilines is 2. The smallest absolute Gasteiger partial charge is 0.256 e. The van der Waals surface area contributed by atoms with Gasteiger partial charge in [-0.3, -0.25) is 9.48 Å². The second-order valence-electron chi connectivity index (χ2n) is 4.00. The number of nitrogens with two attached hydrogens (primary N) is 1. The van der Waals surface area contributed by atoms with Gasteiger partial charge in [0.05, 0.1) is 16.9 Å². The number of nitrogen functional groups attached to an aromatic ring is 1. The van der Waals surface area contributed by atoms with Crippen molar-refractivity contribution < 1.29 is 4.79 Å². The maximum atomic E-state index is 12.1. The quantitative estimate of drug-likeness (QED) is 0.836. The predicted molar refractivity (Wildman–Crippen MR) is 74.5 cm³/mol. The second kappa shape index (κ2) is 4.81. The van der Waals surface area contributed by atoms with Crippen molar-refractivity contribution in [1.82, 2.24) is 9.78 Å². The molecule has 0 saturated heterocycles. The Bertz CT molecular complexity index is 606. The van der Waals surface area contributed by atoms with Crippen LogP contribution in [0.1, 0.15) is 16.1 Å². The molecule has 6 heteroatoms. The maximum absolute atomic E-state index is 12.1. The third-order valence-electron chi connectivity index (χ3n) is 2.50. The van der Waals surface area contributed by atoms with Crippen molar-refractivity contribution in [2.75, 3.05) is 11.1 Å². The molecule has 1 aromatic carbocycles. The molecule has 0 atom stereocenters. The Hall–Kier alpha value is -1.82. The van der Waals surface area contributed by atoms with Gasteiger partial charge >= 0.3 is 0 Å². The first-order valence-corrected chi connectivity index (χ1v) is 6.13. The minimum atomic E-state index is -0.217. The predicted octanol–water partition coefficient (Wildman–Crippen LogP) is 2.33. The van der Waals surface area contributed by atoms with Gasteiger partial charge in [0.15, 0.2) is 0 Å². The zero-order valence-corrected chi connectivity index (χ0v) is 11.7. The minimum Gasteiger partial charge on any atom is -0.399 e. The molecular formula is C12H13BrN4O. The number of carbonyl (C=O) groups is 1. The van der Waals surface area contributed by atoms with Crippen LogP contribution in [-0.2, 0) is 7.05 Å². The van der Waals surface area contributed by atoms with Crippen LogP contribution in [0.5, 0.6) is 0 Å². The van der Waals surface area contributed by atoms with Crippen molar-refractivity contribution in [3.8, 4) is 0 Å². The summed E-state index contributed by atoms with van der Waals surface area (Å²) in [6.07, 6.45) is 1.76. The summed E-state index contributed by atoms with van der Waals surface area (Å²) in [6, 6.07) is 5.11. The lowest BCUT2D eigenvalue weighted by molar-refractivity contribution is 0.102. The summed E-state index contributed by atoms with van der Waals surface area (Å²) >= 11 is 3.33. The third kappa shape index (κ3) is 2.53. The van der Waals surface area contributed by atoms with Gasteiger partial charge in [-0.2, -0.15) is 5.10 Å². The van der Waals surface area contributed by atoms with E-state index in [1.54, 1.807) is 36.1 Å². The largest absolute Gasteiger partial charge is 0.399 e. The van der Waals surface area contributed by atoms with Crippen LogP contribution in [-0.4, -0.2) is 15.7 Å². The summed E-state index contributed by atoms with van der Waals surface area (Å²) in [6.45, 7) is 1.84. The highest BCUT2D eigenvalue weighted by Crippen LogP contribution is 2.21. The molecule has 0 aliphatic heterocycles. The van der Waals surface area contributed by atoms with Crippen molar-refractivity contribution in [1.29, 1.82) is 0 Å². The normalized spacial score (nSPS) is 10.4. The van der Waals surface area contributed by atoms with Crippen LogP contribution in [0.3, 0.4) is 0 Å². The van der Waals surface area contributed by atoms with Crippen molar-refractivity contribution in [3.05, 3.63) is 40.1 Å². The molecule has 94 valence electrons. The summed E-state index contributed by atoms with van der Waals surface area (Å²) < 4.78 is 2.36. The minimum absolute atomic E-state index is 0.217. The molecule has 1 heterocycles. The number of carbonyl (C=O) groups excluding carboxylic acids is 1. The second-order valence-corrected chi connectivity index (χ2v) is 4.85. The van der Waals surface area contributed by atoms with E-state index in [1.807, 2.05) is 6.92 Å². The topological polar surface area (TPSA) is 72.9 Å². The fourth-order valence-corrected chi connectivity index (χ4v) is 2.06. The molecule has 3 N–H and O–H groups in total. The van der Waals surface area contributed by atoms with Crippen LogP contribution in [0.2, 0.25) is 0 Å². The zero-order chi connectivity index (χ0) is 13.3. The number of nitrogens with one attached hydrogen (secondary N) is 1. The number of aryl methyl sites for hydroxylation is 2. The Balaban J connectivity index is 2.27. The average Bonchev–Trinajstić information content (AvgIpc) is 2.61. The first-order valence-electron chi connectivity index (χ1n) is 5.34. The lowest BCUT2D eigenvalue weighted by Crippen LogP contribution is -2.13. The van der Waals surface area contributed by atoms with Crippen molar-refractivity contribution in [3.63, 3.8) is 0 Å². The summed E-state index contributed by atoms with van der Waals surface area (Å²) in [5.74, 6) is -0.217. The molecule has 0 fully saturated rings. The van der Waals surface area contributed by atoms with Gasteiger partial charge in [-0.15, -0.1) is 0 Å². The number of hydrogen-bond donors (Lipinski definition) is 2. The highest BCUT2D eigenvalue weighted by molar-refractivity contribution is 9.10.